The molecule has 0 aliphatic rings. The molecule has 26 heavy (non-hydrogen) atoms. The molecule has 0 saturated carbocycles. The Balaban J connectivity index is 2.26. The highest BCUT2D eigenvalue weighted by Crippen LogP contribution is 2.38. The highest BCUT2D eigenvalue weighted by molar-refractivity contribution is 6.00. The Morgan fingerprint density at radius 2 is 1.77 bits per heavy atom. The number of aromatic nitrogens is 1. The van der Waals surface area contributed by atoms with Crippen LogP contribution in [0.5, 0.6) is 5.75 Å². The second-order valence-corrected chi connectivity index (χ2v) is 6.01. The zero-order chi connectivity index (χ0) is 19.2. The first-order chi connectivity index (χ1) is 12.1. The van der Waals surface area contributed by atoms with Gasteiger partial charge in [-0.2, -0.15) is 13.2 Å². The number of halogens is 3. The maximum absolute atomic E-state index is 12.8. The number of rotatable bonds is 3. The molecule has 4 nitrogen and oxygen atoms in total. The molecule has 2 aromatic carbocycles. The molecule has 0 bridgehead atoms. The predicted octanol–water partition coefficient (Wildman–Crippen LogP) is 4.83. The summed E-state index contributed by atoms with van der Waals surface area (Å²) in [5, 5.41) is 19.8. The third kappa shape index (κ3) is 2.79. The van der Waals surface area contributed by atoms with Gasteiger partial charge >= 0.3 is 12.1 Å². The molecule has 2 N–H and O–H groups in total. The van der Waals surface area contributed by atoms with E-state index in [9.17, 15) is 28.2 Å². The van der Waals surface area contributed by atoms with E-state index in [0.717, 1.165) is 17.7 Å². The van der Waals surface area contributed by atoms with Crippen LogP contribution in [-0.4, -0.2) is 20.7 Å². The van der Waals surface area contributed by atoms with Gasteiger partial charge in [0.15, 0.2) is 0 Å². The number of fused-ring (bicyclic) bond motifs is 1. The van der Waals surface area contributed by atoms with Crippen molar-refractivity contribution in [2.45, 2.75) is 19.5 Å². The summed E-state index contributed by atoms with van der Waals surface area (Å²) < 4.78 is 40.1. The molecule has 3 aromatic rings. The average molecular weight is 363 g/mol. The summed E-state index contributed by atoms with van der Waals surface area (Å²) in [7, 11) is 1.73. The lowest BCUT2D eigenvalue weighted by molar-refractivity contribution is -0.137. The molecule has 136 valence electrons. The van der Waals surface area contributed by atoms with E-state index in [1.165, 1.54) is 24.3 Å². The maximum Gasteiger partial charge on any atom is 0.416 e. The monoisotopic (exact) mass is 363 g/mol. The van der Waals surface area contributed by atoms with Crippen LogP contribution in [0.25, 0.3) is 22.2 Å². The standard InChI is InChI=1S/C19H16F3NO3/c1-3-12-13-8-14(18(25)26)16(24)9-15(13)23(2)17(12)10-4-6-11(7-5-10)19(20,21)22/h4-9,24H,3H2,1-2H3,(H,25,26). The summed E-state index contributed by atoms with van der Waals surface area (Å²) in [5.41, 5.74) is 1.76. The Morgan fingerprint density at radius 1 is 1.15 bits per heavy atom. The number of aromatic hydroxyl groups is 1. The van der Waals surface area contributed by atoms with Crippen molar-refractivity contribution in [1.82, 2.24) is 4.57 Å². The molecule has 0 saturated heterocycles. The Hall–Kier alpha value is -2.96. The smallest absolute Gasteiger partial charge is 0.416 e. The van der Waals surface area contributed by atoms with Gasteiger partial charge in [-0.3, -0.25) is 0 Å². The van der Waals surface area contributed by atoms with Gasteiger partial charge in [0.2, 0.25) is 0 Å². The van der Waals surface area contributed by atoms with E-state index in [2.05, 4.69) is 0 Å². The number of phenols is 1. The Kier molecular flexibility index (Phi) is 4.18. The topological polar surface area (TPSA) is 62.5 Å². The third-order valence-electron chi connectivity index (χ3n) is 4.49. The number of carboxylic acid groups (broad SMARTS) is 1. The first-order valence-electron chi connectivity index (χ1n) is 7.90. The molecule has 0 atom stereocenters. The Labute approximate surface area is 147 Å². The first kappa shape index (κ1) is 17.8. The fourth-order valence-corrected chi connectivity index (χ4v) is 3.26. The van der Waals surface area contributed by atoms with Gasteiger partial charge < -0.3 is 14.8 Å². The molecule has 7 heteroatoms. The summed E-state index contributed by atoms with van der Waals surface area (Å²) in [6, 6.07) is 7.60. The second kappa shape index (κ2) is 6.09. The van der Waals surface area contributed by atoms with Gasteiger partial charge in [0.05, 0.1) is 16.8 Å². The summed E-state index contributed by atoms with van der Waals surface area (Å²) >= 11 is 0. The van der Waals surface area contributed by atoms with Crippen molar-refractivity contribution in [3.05, 3.63) is 53.1 Å². The van der Waals surface area contributed by atoms with Gasteiger partial charge in [-0.15, -0.1) is 0 Å². The zero-order valence-electron chi connectivity index (χ0n) is 14.1. The Morgan fingerprint density at radius 3 is 2.27 bits per heavy atom. The van der Waals surface area contributed by atoms with Gasteiger partial charge in [-0.25, -0.2) is 4.79 Å². The number of benzene rings is 2. The summed E-state index contributed by atoms with van der Waals surface area (Å²) in [6.07, 6.45) is -3.86. The Bertz CT molecular complexity index is 1000. The van der Waals surface area contributed by atoms with Gasteiger partial charge in [-0.05, 0) is 35.7 Å². The molecule has 1 heterocycles. The molecule has 0 aliphatic carbocycles. The van der Waals surface area contributed by atoms with Crippen molar-refractivity contribution in [3.63, 3.8) is 0 Å². The highest BCUT2D eigenvalue weighted by atomic mass is 19.4. The largest absolute Gasteiger partial charge is 0.507 e. The number of hydrogen-bond donors (Lipinski definition) is 2. The van der Waals surface area contributed by atoms with E-state index >= 15 is 0 Å². The van der Waals surface area contributed by atoms with E-state index in [4.69, 9.17) is 0 Å². The van der Waals surface area contributed by atoms with Crippen molar-refractivity contribution in [2.75, 3.05) is 0 Å². The van der Waals surface area contributed by atoms with Crippen LogP contribution < -0.4 is 0 Å². The number of carboxylic acids is 1. The average Bonchev–Trinajstić information content (AvgIpc) is 2.84. The molecular weight excluding hydrogens is 347 g/mol. The predicted molar refractivity (Wildman–Crippen MR) is 91.4 cm³/mol. The van der Waals surface area contributed by atoms with Crippen LogP contribution in [0.2, 0.25) is 0 Å². The van der Waals surface area contributed by atoms with Gasteiger partial charge in [0.25, 0.3) is 0 Å². The van der Waals surface area contributed by atoms with E-state index in [0.29, 0.717) is 28.6 Å². The molecule has 0 radical (unpaired) electrons. The quantitative estimate of drug-likeness (QED) is 0.701. The van der Waals surface area contributed by atoms with Crippen molar-refractivity contribution < 1.29 is 28.2 Å². The maximum atomic E-state index is 12.8. The van der Waals surface area contributed by atoms with E-state index in [-0.39, 0.29) is 11.3 Å². The number of alkyl halides is 3. The van der Waals surface area contributed by atoms with Crippen molar-refractivity contribution in [1.29, 1.82) is 0 Å². The fraction of sp³-hybridized carbons (Fsp3) is 0.211. The van der Waals surface area contributed by atoms with Gasteiger partial charge in [-0.1, -0.05) is 19.1 Å². The summed E-state index contributed by atoms with van der Waals surface area (Å²) in [6.45, 7) is 1.88. The number of aromatic carboxylic acids is 1. The minimum atomic E-state index is -4.41. The SMILES string of the molecule is CCc1c(-c2ccc(C(F)(F)F)cc2)n(C)c2cc(O)c(C(=O)O)cc12. The van der Waals surface area contributed by atoms with Crippen LogP contribution >= 0.6 is 0 Å². The molecule has 3 rings (SSSR count). The normalized spacial score (nSPS) is 11.9. The van der Waals surface area contributed by atoms with Crippen LogP contribution in [0.1, 0.15) is 28.4 Å². The van der Waals surface area contributed by atoms with Crippen LogP contribution in [-0.2, 0) is 19.6 Å². The van der Waals surface area contributed by atoms with Crippen LogP contribution in [0.3, 0.4) is 0 Å². The van der Waals surface area contributed by atoms with Crippen LogP contribution in [0.15, 0.2) is 36.4 Å². The number of hydrogen-bond acceptors (Lipinski definition) is 2. The molecule has 0 unspecified atom stereocenters. The minimum absolute atomic E-state index is 0.211. The molecule has 0 aliphatic heterocycles. The zero-order valence-corrected chi connectivity index (χ0v) is 14.1. The van der Waals surface area contributed by atoms with E-state index < -0.39 is 17.7 Å². The van der Waals surface area contributed by atoms with Crippen molar-refractivity contribution >= 4 is 16.9 Å². The lowest BCUT2D eigenvalue weighted by atomic mass is 10.0. The molecule has 1 aromatic heterocycles. The minimum Gasteiger partial charge on any atom is -0.507 e. The summed E-state index contributed by atoms with van der Waals surface area (Å²) in [4.78, 5) is 11.3. The molecular formula is C19H16F3NO3. The highest BCUT2D eigenvalue weighted by Gasteiger charge is 2.30. The number of nitrogens with zero attached hydrogens (tertiary/aromatic N) is 1. The van der Waals surface area contributed by atoms with E-state index in [1.807, 2.05) is 6.92 Å². The van der Waals surface area contributed by atoms with Crippen molar-refractivity contribution in [2.24, 2.45) is 7.05 Å². The molecule has 0 spiro atoms. The number of aryl methyl sites for hydroxylation is 2. The van der Waals surface area contributed by atoms with Gasteiger partial charge in [0, 0.05) is 18.5 Å². The second-order valence-electron chi connectivity index (χ2n) is 6.01. The lowest BCUT2D eigenvalue weighted by Crippen LogP contribution is -2.04. The summed E-state index contributed by atoms with van der Waals surface area (Å²) in [5.74, 6) is -1.60. The fourth-order valence-electron chi connectivity index (χ4n) is 3.26. The molecule has 0 fully saturated rings. The molecule has 0 amide bonds. The number of carbonyl (C=O) groups is 1. The lowest BCUT2D eigenvalue weighted by Gasteiger charge is -2.10. The third-order valence-corrected chi connectivity index (χ3v) is 4.49. The van der Waals surface area contributed by atoms with Crippen molar-refractivity contribution in [3.8, 4) is 17.0 Å². The van der Waals surface area contributed by atoms with Crippen LogP contribution in [0, 0.1) is 0 Å². The van der Waals surface area contributed by atoms with E-state index in [1.54, 1.807) is 11.6 Å². The van der Waals surface area contributed by atoms with Gasteiger partial charge in [0.1, 0.15) is 11.3 Å². The van der Waals surface area contributed by atoms with Crippen LogP contribution in [0.4, 0.5) is 13.2 Å². The first-order valence-corrected chi connectivity index (χ1v) is 7.90.